The van der Waals surface area contributed by atoms with Crippen LogP contribution in [0.4, 0.5) is 0 Å². The van der Waals surface area contributed by atoms with Gasteiger partial charge in [-0.3, -0.25) is 0 Å². The van der Waals surface area contributed by atoms with Gasteiger partial charge in [0.15, 0.2) is 9.84 Å². The lowest BCUT2D eigenvalue weighted by Gasteiger charge is -2.25. The first-order valence-electron chi connectivity index (χ1n) is 5.62. The fraction of sp³-hybridized carbons (Fsp3) is 0.600. The molecule has 1 aromatic rings. The van der Waals surface area contributed by atoms with Gasteiger partial charge in [-0.05, 0) is 17.9 Å². The van der Waals surface area contributed by atoms with E-state index >= 15 is 0 Å². The normalized spacial score (nSPS) is 23.6. The molecular weight excluding hydrogens is 294 g/mol. The molecule has 0 radical (unpaired) electrons. The third-order valence-electron chi connectivity index (χ3n) is 2.99. The van der Waals surface area contributed by atoms with Gasteiger partial charge in [0, 0.05) is 12.6 Å². The van der Waals surface area contributed by atoms with Crippen molar-refractivity contribution in [1.29, 1.82) is 0 Å². The fourth-order valence-electron chi connectivity index (χ4n) is 2.15. The highest BCUT2D eigenvalue weighted by Gasteiger charge is 2.38. The van der Waals surface area contributed by atoms with E-state index in [1.807, 2.05) is 0 Å². The highest BCUT2D eigenvalue weighted by atomic mass is 32.2. The Morgan fingerprint density at radius 3 is 2.67 bits per heavy atom. The predicted octanol–water partition coefficient (Wildman–Crippen LogP) is 0.946. The van der Waals surface area contributed by atoms with Gasteiger partial charge in [-0.1, -0.05) is 13.0 Å². The van der Waals surface area contributed by atoms with Crippen LogP contribution in [0, 0.1) is 0 Å². The summed E-state index contributed by atoms with van der Waals surface area (Å²) >= 11 is 1.15. The van der Waals surface area contributed by atoms with Crippen molar-refractivity contribution in [1.82, 2.24) is 4.31 Å². The standard InChI is InChI=1S/C10H15NO4S3/c1-2-11(9-5-7-17(12,13)8-9)18(14,15)10-4-3-6-16-10/h3-4,6,9H,2,5,7-8H2,1H3/t9-/m0/s1. The number of sulfone groups is 1. The summed E-state index contributed by atoms with van der Waals surface area (Å²) in [5, 5.41) is 1.70. The van der Waals surface area contributed by atoms with Gasteiger partial charge >= 0.3 is 0 Å². The molecule has 2 rings (SSSR count). The second-order valence-corrected chi connectivity index (χ2v) is 9.49. The number of thiophene rings is 1. The maximum absolute atomic E-state index is 12.4. The molecule has 1 fully saturated rings. The fourth-order valence-corrected chi connectivity index (χ4v) is 6.76. The summed E-state index contributed by atoms with van der Waals surface area (Å²) in [7, 11) is -6.64. The van der Waals surface area contributed by atoms with Crippen molar-refractivity contribution in [3.63, 3.8) is 0 Å². The molecule has 0 unspecified atom stereocenters. The molecule has 0 aliphatic carbocycles. The van der Waals surface area contributed by atoms with E-state index < -0.39 is 25.9 Å². The van der Waals surface area contributed by atoms with Crippen LogP contribution in [0.1, 0.15) is 13.3 Å². The molecular formula is C10H15NO4S3. The largest absolute Gasteiger partial charge is 0.252 e. The van der Waals surface area contributed by atoms with Crippen molar-refractivity contribution < 1.29 is 16.8 Å². The van der Waals surface area contributed by atoms with Crippen LogP contribution in [0.2, 0.25) is 0 Å². The molecule has 0 bridgehead atoms. The average Bonchev–Trinajstić information content (AvgIpc) is 2.88. The highest BCUT2D eigenvalue weighted by Crippen LogP contribution is 2.26. The van der Waals surface area contributed by atoms with Gasteiger partial charge in [0.2, 0.25) is 0 Å². The van der Waals surface area contributed by atoms with E-state index in [0.717, 1.165) is 11.3 Å². The Hall–Kier alpha value is -0.440. The zero-order valence-corrected chi connectivity index (χ0v) is 12.4. The summed E-state index contributed by atoms with van der Waals surface area (Å²) < 4.78 is 49.2. The molecule has 1 aliphatic rings. The van der Waals surface area contributed by atoms with E-state index in [4.69, 9.17) is 0 Å². The van der Waals surface area contributed by atoms with E-state index in [0.29, 0.717) is 13.0 Å². The summed E-state index contributed by atoms with van der Waals surface area (Å²) in [6.45, 7) is 2.02. The van der Waals surface area contributed by atoms with Crippen molar-refractivity contribution in [3.05, 3.63) is 17.5 Å². The van der Waals surface area contributed by atoms with Crippen molar-refractivity contribution >= 4 is 31.2 Å². The zero-order chi connectivity index (χ0) is 13.4. The van der Waals surface area contributed by atoms with E-state index in [1.54, 1.807) is 24.4 Å². The van der Waals surface area contributed by atoms with E-state index in [2.05, 4.69) is 0 Å². The smallest absolute Gasteiger partial charge is 0.229 e. The quantitative estimate of drug-likeness (QED) is 0.830. The van der Waals surface area contributed by atoms with Crippen molar-refractivity contribution in [2.24, 2.45) is 0 Å². The summed E-state index contributed by atoms with van der Waals surface area (Å²) in [4.78, 5) is 0. The van der Waals surface area contributed by atoms with Gasteiger partial charge < -0.3 is 0 Å². The van der Waals surface area contributed by atoms with Crippen LogP contribution in [0.3, 0.4) is 0 Å². The van der Waals surface area contributed by atoms with Gasteiger partial charge in [-0.2, -0.15) is 4.31 Å². The SMILES string of the molecule is CCN([C@H]1CCS(=O)(=O)C1)S(=O)(=O)c1cccs1. The first kappa shape index (κ1) is 14.0. The number of sulfonamides is 1. The van der Waals surface area contributed by atoms with Gasteiger partial charge in [0.05, 0.1) is 11.5 Å². The molecule has 0 spiro atoms. The monoisotopic (exact) mass is 309 g/mol. The average molecular weight is 309 g/mol. The van der Waals surface area contributed by atoms with Crippen LogP contribution in [-0.2, 0) is 19.9 Å². The number of hydrogen-bond donors (Lipinski definition) is 0. The lowest BCUT2D eigenvalue weighted by atomic mass is 10.3. The molecule has 1 aliphatic heterocycles. The number of hydrogen-bond acceptors (Lipinski definition) is 5. The van der Waals surface area contributed by atoms with Crippen molar-refractivity contribution in [2.75, 3.05) is 18.1 Å². The van der Waals surface area contributed by atoms with Gasteiger partial charge in [-0.15, -0.1) is 11.3 Å². The number of rotatable bonds is 4. The van der Waals surface area contributed by atoms with Crippen molar-refractivity contribution in [2.45, 2.75) is 23.6 Å². The summed E-state index contributed by atoms with van der Waals surface area (Å²) in [6, 6.07) is 2.80. The second-order valence-electron chi connectivity index (χ2n) is 4.20. The molecule has 0 aromatic carbocycles. The van der Waals surface area contributed by atoms with E-state index in [9.17, 15) is 16.8 Å². The third kappa shape index (κ3) is 2.61. The van der Waals surface area contributed by atoms with Crippen LogP contribution < -0.4 is 0 Å². The maximum atomic E-state index is 12.4. The first-order valence-corrected chi connectivity index (χ1v) is 9.76. The second kappa shape index (κ2) is 4.92. The Kier molecular flexibility index (Phi) is 3.82. The molecule has 18 heavy (non-hydrogen) atoms. The lowest BCUT2D eigenvalue weighted by molar-refractivity contribution is 0.355. The molecule has 1 atom stereocenters. The first-order chi connectivity index (χ1) is 8.37. The number of nitrogens with zero attached hydrogens (tertiary/aromatic N) is 1. The minimum atomic E-state index is -3.55. The summed E-state index contributed by atoms with van der Waals surface area (Å²) in [5.41, 5.74) is 0. The van der Waals surface area contributed by atoms with Crippen LogP contribution >= 0.6 is 11.3 Å². The maximum Gasteiger partial charge on any atom is 0.252 e. The third-order valence-corrected chi connectivity index (χ3v) is 8.14. The highest BCUT2D eigenvalue weighted by molar-refractivity contribution is 7.92. The summed E-state index contributed by atoms with van der Waals surface area (Å²) in [5.74, 6) is 0.0135. The van der Waals surface area contributed by atoms with Gasteiger partial charge in [0.1, 0.15) is 4.21 Å². The van der Waals surface area contributed by atoms with Crippen molar-refractivity contribution in [3.8, 4) is 0 Å². The lowest BCUT2D eigenvalue weighted by Crippen LogP contribution is -2.40. The van der Waals surface area contributed by atoms with E-state index in [1.165, 1.54) is 4.31 Å². The van der Waals surface area contributed by atoms with Crippen LogP contribution in [-0.4, -0.2) is 45.2 Å². The molecule has 5 nitrogen and oxygen atoms in total. The Bertz CT molecular complexity index is 604. The molecule has 0 saturated carbocycles. The Labute approximate surface area is 111 Å². The van der Waals surface area contributed by atoms with Gasteiger partial charge in [-0.25, -0.2) is 16.8 Å². The molecule has 1 saturated heterocycles. The molecule has 8 heteroatoms. The van der Waals surface area contributed by atoms with Crippen LogP contribution in [0.25, 0.3) is 0 Å². The molecule has 0 amide bonds. The Morgan fingerprint density at radius 1 is 1.50 bits per heavy atom. The minimum Gasteiger partial charge on any atom is -0.229 e. The van der Waals surface area contributed by atoms with Crippen LogP contribution in [0.5, 0.6) is 0 Å². The van der Waals surface area contributed by atoms with Crippen LogP contribution in [0.15, 0.2) is 21.7 Å². The Morgan fingerprint density at radius 2 is 2.22 bits per heavy atom. The molecule has 102 valence electrons. The Balaban J connectivity index is 2.30. The molecule has 1 aromatic heterocycles. The predicted molar refractivity (Wildman–Crippen MR) is 70.9 cm³/mol. The van der Waals surface area contributed by atoms with Gasteiger partial charge in [0.25, 0.3) is 10.0 Å². The summed E-state index contributed by atoms with van der Waals surface area (Å²) in [6.07, 6.45) is 0.390. The molecule has 0 N–H and O–H groups in total. The zero-order valence-electron chi connectivity index (χ0n) is 9.94. The minimum absolute atomic E-state index is 0.0640. The van der Waals surface area contributed by atoms with E-state index in [-0.39, 0.29) is 15.7 Å². The molecule has 2 heterocycles. The topological polar surface area (TPSA) is 71.5 Å².